The van der Waals surface area contributed by atoms with Gasteiger partial charge >= 0.3 is 0 Å². The Labute approximate surface area is 159 Å². The number of anilines is 3. The van der Waals surface area contributed by atoms with Gasteiger partial charge in [0.05, 0.1) is 17.1 Å². The van der Waals surface area contributed by atoms with Crippen molar-refractivity contribution in [2.75, 3.05) is 16.8 Å². The van der Waals surface area contributed by atoms with Gasteiger partial charge in [0.25, 0.3) is 0 Å². The molecule has 0 bridgehead atoms. The number of rotatable bonds is 3. The minimum absolute atomic E-state index is 0.0524. The third-order valence-corrected chi connectivity index (χ3v) is 5.80. The van der Waals surface area contributed by atoms with Crippen LogP contribution in [-0.2, 0) is 4.79 Å². The normalized spacial score (nSPS) is 12.3. The molecule has 5 heteroatoms. The second kappa shape index (κ2) is 6.94. The molecule has 4 rings (SSSR count). The second-order valence-corrected chi connectivity index (χ2v) is 7.59. The SMILES string of the molecule is O=C(CN1c2ccccc2Sc2ccccc21)Nc1ccccc1Br. The number of carbonyl (C=O) groups is 1. The summed E-state index contributed by atoms with van der Waals surface area (Å²) in [6.45, 7) is 0.260. The number of halogens is 1. The molecule has 1 amide bonds. The maximum atomic E-state index is 12.7. The van der Waals surface area contributed by atoms with Crippen LogP contribution in [0.25, 0.3) is 0 Å². The lowest BCUT2D eigenvalue weighted by molar-refractivity contribution is -0.114. The highest BCUT2D eigenvalue weighted by Gasteiger charge is 2.24. The Balaban J connectivity index is 1.64. The summed E-state index contributed by atoms with van der Waals surface area (Å²) in [7, 11) is 0. The minimum atomic E-state index is -0.0524. The van der Waals surface area contributed by atoms with E-state index in [0.29, 0.717) is 0 Å². The van der Waals surface area contributed by atoms with E-state index in [9.17, 15) is 4.79 Å². The molecule has 0 unspecified atom stereocenters. The second-order valence-electron chi connectivity index (χ2n) is 5.65. The first kappa shape index (κ1) is 16.2. The summed E-state index contributed by atoms with van der Waals surface area (Å²) in [6.07, 6.45) is 0. The van der Waals surface area contributed by atoms with Gasteiger partial charge in [0.2, 0.25) is 5.91 Å². The smallest absolute Gasteiger partial charge is 0.244 e. The van der Waals surface area contributed by atoms with Crippen molar-refractivity contribution in [1.82, 2.24) is 0 Å². The summed E-state index contributed by atoms with van der Waals surface area (Å²) >= 11 is 5.21. The predicted molar refractivity (Wildman–Crippen MR) is 107 cm³/mol. The molecule has 0 saturated carbocycles. The summed E-state index contributed by atoms with van der Waals surface area (Å²) in [5, 5.41) is 2.98. The van der Waals surface area contributed by atoms with Gasteiger partial charge in [0.15, 0.2) is 0 Å². The zero-order valence-electron chi connectivity index (χ0n) is 13.3. The average Bonchev–Trinajstić information content (AvgIpc) is 2.63. The largest absolute Gasteiger partial charge is 0.330 e. The van der Waals surface area contributed by atoms with Gasteiger partial charge in [0.1, 0.15) is 6.54 Å². The summed E-state index contributed by atoms with van der Waals surface area (Å²) in [5.74, 6) is -0.0524. The van der Waals surface area contributed by atoms with Crippen molar-refractivity contribution in [3.05, 3.63) is 77.3 Å². The number of amides is 1. The summed E-state index contributed by atoms with van der Waals surface area (Å²) < 4.78 is 0.873. The fourth-order valence-corrected chi connectivity index (χ4v) is 4.33. The van der Waals surface area contributed by atoms with Crippen molar-refractivity contribution >= 4 is 50.7 Å². The number of nitrogens with zero attached hydrogens (tertiary/aromatic N) is 1. The molecule has 25 heavy (non-hydrogen) atoms. The molecule has 1 heterocycles. The van der Waals surface area contributed by atoms with Gasteiger partial charge in [-0.3, -0.25) is 4.79 Å². The van der Waals surface area contributed by atoms with E-state index in [1.54, 1.807) is 11.8 Å². The zero-order valence-corrected chi connectivity index (χ0v) is 15.7. The highest BCUT2D eigenvalue weighted by Crippen LogP contribution is 2.47. The van der Waals surface area contributed by atoms with Crippen LogP contribution in [-0.4, -0.2) is 12.5 Å². The molecule has 0 radical (unpaired) electrons. The van der Waals surface area contributed by atoms with Crippen LogP contribution < -0.4 is 10.2 Å². The molecule has 1 aliphatic rings. The molecule has 0 saturated heterocycles. The van der Waals surface area contributed by atoms with Crippen LogP contribution in [0.5, 0.6) is 0 Å². The Morgan fingerprint density at radius 2 is 1.44 bits per heavy atom. The molecule has 1 N–H and O–H groups in total. The van der Waals surface area contributed by atoms with Gasteiger partial charge < -0.3 is 10.2 Å². The molecular formula is C20H15BrN2OS. The molecule has 0 atom stereocenters. The minimum Gasteiger partial charge on any atom is -0.330 e. The van der Waals surface area contributed by atoms with E-state index >= 15 is 0 Å². The van der Waals surface area contributed by atoms with Gasteiger partial charge in [0, 0.05) is 14.3 Å². The van der Waals surface area contributed by atoms with Crippen LogP contribution in [0.15, 0.2) is 87.1 Å². The zero-order chi connectivity index (χ0) is 17.2. The molecule has 3 nitrogen and oxygen atoms in total. The van der Waals surface area contributed by atoms with E-state index in [1.807, 2.05) is 48.5 Å². The third kappa shape index (κ3) is 3.30. The highest BCUT2D eigenvalue weighted by atomic mass is 79.9. The number of nitrogens with one attached hydrogen (secondary N) is 1. The summed E-state index contributed by atoms with van der Waals surface area (Å²) in [5.41, 5.74) is 2.91. The van der Waals surface area contributed by atoms with Gasteiger partial charge in [-0.05, 0) is 52.3 Å². The van der Waals surface area contributed by atoms with Crippen LogP contribution in [0, 0.1) is 0 Å². The highest BCUT2D eigenvalue weighted by molar-refractivity contribution is 9.10. The van der Waals surface area contributed by atoms with Crippen LogP contribution in [0.1, 0.15) is 0 Å². The Kier molecular flexibility index (Phi) is 4.51. The van der Waals surface area contributed by atoms with E-state index < -0.39 is 0 Å². The predicted octanol–water partition coefficient (Wildman–Crippen LogP) is 5.69. The Hall–Kier alpha value is -2.24. The first-order valence-electron chi connectivity index (χ1n) is 7.90. The van der Waals surface area contributed by atoms with Gasteiger partial charge in [-0.1, -0.05) is 48.2 Å². The van der Waals surface area contributed by atoms with Crippen molar-refractivity contribution in [1.29, 1.82) is 0 Å². The molecule has 0 fully saturated rings. The Bertz CT molecular complexity index is 899. The van der Waals surface area contributed by atoms with Crippen LogP contribution in [0.2, 0.25) is 0 Å². The molecule has 0 aliphatic carbocycles. The first-order valence-corrected chi connectivity index (χ1v) is 9.51. The molecule has 124 valence electrons. The van der Waals surface area contributed by atoms with Crippen molar-refractivity contribution in [3.63, 3.8) is 0 Å². The molecular weight excluding hydrogens is 396 g/mol. The fourth-order valence-electron chi connectivity index (χ4n) is 2.85. The topological polar surface area (TPSA) is 32.3 Å². The number of benzene rings is 3. The number of carbonyl (C=O) groups excluding carboxylic acids is 1. The van der Waals surface area contributed by atoms with E-state index in [1.165, 1.54) is 0 Å². The molecule has 3 aromatic rings. The van der Waals surface area contributed by atoms with Gasteiger partial charge in [-0.2, -0.15) is 0 Å². The maximum Gasteiger partial charge on any atom is 0.244 e. The third-order valence-electron chi connectivity index (χ3n) is 3.98. The maximum absolute atomic E-state index is 12.7. The quantitative estimate of drug-likeness (QED) is 0.601. The monoisotopic (exact) mass is 410 g/mol. The molecule has 3 aromatic carbocycles. The van der Waals surface area contributed by atoms with Crippen LogP contribution >= 0.6 is 27.7 Å². The molecule has 0 aromatic heterocycles. The number of para-hydroxylation sites is 3. The van der Waals surface area contributed by atoms with E-state index in [4.69, 9.17) is 0 Å². The number of hydrogen-bond donors (Lipinski definition) is 1. The van der Waals surface area contributed by atoms with E-state index in [2.05, 4.69) is 50.4 Å². The summed E-state index contributed by atoms with van der Waals surface area (Å²) in [4.78, 5) is 17.1. The number of hydrogen-bond acceptors (Lipinski definition) is 3. The van der Waals surface area contributed by atoms with Crippen LogP contribution in [0.4, 0.5) is 17.1 Å². The van der Waals surface area contributed by atoms with E-state index in [0.717, 1.165) is 31.3 Å². The van der Waals surface area contributed by atoms with Gasteiger partial charge in [-0.25, -0.2) is 0 Å². The van der Waals surface area contributed by atoms with Crippen molar-refractivity contribution in [3.8, 4) is 0 Å². The van der Waals surface area contributed by atoms with E-state index in [-0.39, 0.29) is 12.5 Å². The lowest BCUT2D eigenvalue weighted by Crippen LogP contribution is -2.31. The Morgan fingerprint density at radius 3 is 2.08 bits per heavy atom. The average molecular weight is 411 g/mol. The first-order chi connectivity index (χ1) is 12.2. The Morgan fingerprint density at radius 1 is 0.880 bits per heavy atom. The van der Waals surface area contributed by atoms with Crippen molar-refractivity contribution < 1.29 is 4.79 Å². The standard InChI is InChI=1S/C20H15BrN2OS/c21-14-7-1-2-8-15(14)22-20(24)13-23-16-9-3-5-11-18(16)25-19-12-6-4-10-17(19)23/h1-12H,13H2,(H,22,24). The van der Waals surface area contributed by atoms with Gasteiger partial charge in [-0.15, -0.1) is 0 Å². The lowest BCUT2D eigenvalue weighted by atomic mass is 10.2. The summed E-state index contributed by atoms with van der Waals surface area (Å²) in [6, 6.07) is 24.0. The lowest BCUT2D eigenvalue weighted by Gasteiger charge is -2.32. The molecule has 1 aliphatic heterocycles. The van der Waals surface area contributed by atoms with Crippen molar-refractivity contribution in [2.24, 2.45) is 0 Å². The molecule has 0 spiro atoms. The fraction of sp³-hybridized carbons (Fsp3) is 0.0500. The van der Waals surface area contributed by atoms with Crippen LogP contribution in [0.3, 0.4) is 0 Å². The van der Waals surface area contributed by atoms with Crippen molar-refractivity contribution in [2.45, 2.75) is 9.79 Å². The number of fused-ring (bicyclic) bond motifs is 2.